The number of aromatic carboxylic acids is 1. The van der Waals surface area contributed by atoms with E-state index in [9.17, 15) is 4.79 Å². The third-order valence-electron chi connectivity index (χ3n) is 2.39. The lowest BCUT2D eigenvalue weighted by Crippen LogP contribution is -1.99. The predicted octanol–water partition coefficient (Wildman–Crippen LogP) is 1.66. The Bertz CT molecular complexity index is 623. The summed E-state index contributed by atoms with van der Waals surface area (Å²) in [4.78, 5) is 10.8. The number of carboxylic acids is 1. The molecular formula is C12H9N3O2. The summed E-state index contributed by atoms with van der Waals surface area (Å²) in [6, 6.07) is 10.5. The fourth-order valence-electron chi connectivity index (χ4n) is 1.59. The normalized spacial score (nSPS) is 9.88. The van der Waals surface area contributed by atoms with E-state index in [2.05, 4.69) is 5.10 Å². The van der Waals surface area contributed by atoms with Crippen molar-refractivity contribution >= 4 is 5.97 Å². The average Bonchev–Trinajstić information content (AvgIpc) is 2.72. The van der Waals surface area contributed by atoms with Crippen LogP contribution in [0.1, 0.15) is 16.1 Å². The maximum atomic E-state index is 10.8. The summed E-state index contributed by atoms with van der Waals surface area (Å²) in [6.45, 7) is 0. The number of aryl methyl sites for hydroxylation is 1. The van der Waals surface area contributed by atoms with Crippen LogP contribution in [0.2, 0.25) is 0 Å². The second kappa shape index (κ2) is 4.10. The molecule has 2 aromatic rings. The van der Waals surface area contributed by atoms with Crippen molar-refractivity contribution < 1.29 is 9.90 Å². The van der Waals surface area contributed by atoms with E-state index in [0.717, 1.165) is 5.56 Å². The molecular weight excluding hydrogens is 218 g/mol. The SMILES string of the molecule is Cn1nc(C(=O)O)cc1-c1cccc(C#N)c1. The van der Waals surface area contributed by atoms with Crippen LogP contribution in [-0.4, -0.2) is 20.9 Å². The number of nitrogens with zero attached hydrogens (tertiary/aromatic N) is 3. The Hall–Kier alpha value is -2.61. The van der Waals surface area contributed by atoms with Crippen LogP contribution in [0.3, 0.4) is 0 Å². The van der Waals surface area contributed by atoms with E-state index < -0.39 is 5.97 Å². The molecule has 0 aliphatic carbocycles. The molecule has 0 aliphatic heterocycles. The first-order valence-corrected chi connectivity index (χ1v) is 4.89. The Morgan fingerprint density at radius 1 is 1.47 bits per heavy atom. The second-order valence-corrected chi connectivity index (χ2v) is 3.54. The summed E-state index contributed by atoms with van der Waals surface area (Å²) in [7, 11) is 1.67. The zero-order valence-electron chi connectivity index (χ0n) is 9.08. The van der Waals surface area contributed by atoms with Gasteiger partial charge < -0.3 is 5.11 Å². The van der Waals surface area contributed by atoms with Crippen molar-refractivity contribution in [3.05, 3.63) is 41.6 Å². The van der Waals surface area contributed by atoms with Crippen LogP contribution in [0.15, 0.2) is 30.3 Å². The lowest BCUT2D eigenvalue weighted by molar-refractivity contribution is 0.0689. The van der Waals surface area contributed by atoms with Crippen molar-refractivity contribution in [2.45, 2.75) is 0 Å². The first kappa shape index (κ1) is 10.9. The smallest absolute Gasteiger partial charge is 0.356 e. The van der Waals surface area contributed by atoms with Crippen molar-refractivity contribution in [1.82, 2.24) is 9.78 Å². The minimum atomic E-state index is -1.07. The molecule has 0 fully saturated rings. The molecule has 1 aromatic carbocycles. The Balaban J connectivity index is 2.53. The molecule has 0 saturated carbocycles. The van der Waals surface area contributed by atoms with Gasteiger partial charge in [0.2, 0.25) is 0 Å². The molecule has 0 saturated heterocycles. The van der Waals surface area contributed by atoms with Crippen LogP contribution in [0.4, 0.5) is 0 Å². The lowest BCUT2D eigenvalue weighted by Gasteiger charge is -2.01. The van der Waals surface area contributed by atoms with Gasteiger partial charge in [-0.1, -0.05) is 12.1 Å². The highest BCUT2D eigenvalue weighted by molar-refractivity contribution is 5.87. The number of hydrogen-bond acceptors (Lipinski definition) is 3. The van der Waals surface area contributed by atoms with E-state index in [1.807, 2.05) is 12.1 Å². The number of benzene rings is 1. The summed E-state index contributed by atoms with van der Waals surface area (Å²) in [6.07, 6.45) is 0. The molecule has 0 radical (unpaired) electrons. The summed E-state index contributed by atoms with van der Waals surface area (Å²) < 4.78 is 1.49. The molecule has 0 atom stereocenters. The third kappa shape index (κ3) is 2.01. The van der Waals surface area contributed by atoms with Gasteiger partial charge in [0.25, 0.3) is 0 Å². The van der Waals surface area contributed by atoms with Gasteiger partial charge in [-0.3, -0.25) is 4.68 Å². The van der Waals surface area contributed by atoms with Gasteiger partial charge in [0, 0.05) is 12.6 Å². The molecule has 5 heteroatoms. The number of rotatable bonds is 2. The molecule has 5 nitrogen and oxygen atoms in total. The quantitative estimate of drug-likeness (QED) is 0.846. The minimum Gasteiger partial charge on any atom is -0.476 e. The molecule has 2 rings (SSSR count). The van der Waals surface area contributed by atoms with Gasteiger partial charge in [0.15, 0.2) is 5.69 Å². The molecule has 0 aliphatic rings. The Kier molecular flexibility index (Phi) is 2.63. The number of carboxylic acid groups (broad SMARTS) is 1. The van der Waals surface area contributed by atoms with Crippen molar-refractivity contribution in [2.24, 2.45) is 7.05 Å². The minimum absolute atomic E-state index is 0.00939. The second-order valence-electron chi connectivity index (χ2n) is 3.54. The van der Waals surface area contributed by atoms with Crippen molar-refractivity contribution in [1.29, 1.82) is 5.26 Å². The van der Waals surface area contributed by atoms with Crippen LogP contribution < -0.4 is 0 Å². The van der Waals surface area contributed by atoms with E-state index in [4.69, 9.17) is 10.4 Å². The standard InChI is InChI=1S/C12H9N3O2/c1-15-11(6-10(14-15)12(16)17)9-4-2-3-8(5-9)7-13/h2-6H,1H3,(H,16,17). The first-order valence-electron chi connectivity index (χ1n) is 4.89. The summed E-state index contributed by atoms with van der Waals surface area (Å²) in [5.74, 6) is -1.07. The summed E-state index contributed by atoms with van der Waals surface area (Å²) >= 11 is 0. The Labute approximate surface area is 97.5 Å². The van der Waals surface area contributed by atoms with Crippen LogP contribution >= 0.6 is 0 Å². The number of hydrogen-bond donors (Lipinski definition) is 1. The van der Waals surface area contributed by atoms with E-state index in [1.54, 1.807) is 25.2 Å². The van der Waals surface area contributed by atoms with E-state index in [0.29, 0.717) is 11.3 Å². The molecule has 84 valence electrons. The molecule has 1 N–H and O–H groups in total. The van der Waals surface area contributed by atoms with Crippen molar-refractivity contribution in [3.8, 4) is 17.3 Å². The fraction of sp³-hybridized carbons (Fsp3) is 0.0833. The zero-order valence-corrected chi connectivity index (χ0v) is 9.08. The zero-order chi connectivity index (χ0) is 12.4. The van der Waals surface area contributed by atoms with Gasteiger partial charge in [-0.2, -0.15) is 10.4 Å². The summed E-state index contributed by atoms with van der Waals surface area (Å²) in [5, 5.41) is 21.5. The molecule has 0 amide bonds. The van der Waals surface area contributed by atoms with Crippen LogP contribution in [0.5, 0.6) is 0 Å². The molecule has 1 heterocycles. The number of nitriles is 1. The van der Waals surface area contributed by atoms with Gasteiger partial charge in [-0.25, -0.2) is 4.79 Å². The maximum Gasteiger partial charge on any atom is 0.356 e. The van der Waals surface area contributed by atoms with Gasteiger partial charge in [0.1, 0.15) is 0 Å². The number of carbonyl (C=O) groups is 1. The van der Waals surface area contributed by atoms with Crippen LogP contribution in [0.25, 0.3) is 11.3 Å². The van der Waals surface area contributed by atoms with E-state index in [-0.39, 0.29) is 5.69 Å². The monoisotopic (exact) mass is 227 g/mol. The first-order chi connectivity index (χ1) is 8.11. The van der Waals surface area contributed by atoms with Gasteiger partial charge >= 0.3 is 5.97 Å². The molecule has 0 unspecified atom stereocenters. The fourth-order valence-corrected chi connectivity index (χ4v) is 1.59. The average molecular weight is 227 g/mol. The van der Waals surface area contributed by atoms with Crippen molar-refractivity contribution in [3.63, 3.8) is 0 Å². The highest BCUT2D eigenvalue weighted by Gasteiger charge is 2.12. The highest BCUT2D eigenvalue weighted by Crippen LogP contribution is 2.20. The van der Waals surface area contributed by atoms with E-state index >= 15 is 0 Å². The van der Waals surface area contributed by atoms with E-state index in [1.165, 1.54) is 10.7 Å². The maximum absolute atomic E-state index is 10.8. The number of aromatic nitrogens is 2. The Morgan fingerprint density at radius 2 is 2.24 bits per heavy atom. The van der Waals surface area contributed by atoms with Gasteiger partial charge in [0.05, 0.1) is 17.3 Å². The largest absolute Gasteiger partial charge is 0.476 e. The van der Waals surface area contributed by atoms with Crippen LogP contribution in [0, 0.1) is 11.3 Å². The molecule has 1 aromatic heterocycles. The molecule has 0 spiro atoms. The third-order valence-corrected chi connectivity index (χ3v) is 2.39. The molecule has 0 bridgehead atoms. The van der Waals surface area contributed by atoms with Gasteiger partial charge in [-0.15, -0.1) is 0 Å². The van der Waals surface area contributed by atoms with Crippen molar-refractivity contribution in [2.75, 3.05) is 0 Å². The summed E-state index contributed by atoms with van der Waals surface area (Å²) in [5.41, 5.74) is 1.96. The predicted molar refractivity (Wildman–Crippen MR) is 60.3 cm³/mol. The highest BCUT2D eigenvalue weighted by atomic mass is 16.4. The van der Waals surface area contributed by atoms with Crippen LogP contribution in [-0.2, 0) is 7.05 Å². The lowest BCUT2D eigenvalue weighted by atomic mass is 10.1. The Morgan fingerprint density at radius 3 is 2.82 bits per heavy atom. The topological polar surface area (TPSA) is 78.9 Å². The van der Waals surface area contributed by atoms with Gasteiger partial charge in [-0.05, 0) is 18.2 Å². The molecule has 17 heavy (non-hydrogen) atoms.